The highest BCUT2D eigenvalue weighted by Gasteiger charge is 2.14. The summed E-state index contributed by atoms with van der Waals surface area (Å²) >= 11 is 0. The van der Waals surface area contributed by atoms with Crippen LogP contribution in [0.15, 0.2) is 47.1 Å². The van der Waals surface area contributed by atoms with Crippen molar-refractivity contribution in [3.05, 3.63) is 71.6 Å². The third kappa shape index (κ3) is 3.97. The average molecular weight is 344 g/mol. The maximum Gasteiger partial charge on any atom is 0.270 e. The van der Waals surface area contributed by atoms with Crippen molar-refractivity contribution in [3.63, 3.8) is 0 Å². The molecule has 25 heavy (non-hydrogen) atoms. The van der Waals surface area contributed by atoms with E-state index in [-0.39, 0.29) is 29.6 Å². The molecule has 0 aliphatic rings. The lowest BCUT2D eigenvalue weighted by atomic mass is 10.2. The number of hydrogen-bond acceptors (Lipinski definition) is 5. The van der Waals surface area contributed by atoms with Crippen LogP contribution in [0.2, 0.25) is 0 Å². The predicted octanol–water partition coefficient (Wildman–Crippen LogP) is 3.33. The molecule has 2 aromatic heterocycles. The molecule has 0 atom stereocenters. The number of halogens is 2. The van der Waals surface area contributed by atoms with Gasteiger partial charge in [-0.05, 0) is 31.2 Å². The molecule has 3 aromatic rings. The summed E-state index contributed by atoms with van der Waals surface area (Å²) in [6.45, 7) is 1.77. The van der Waals surface area contributed by atoms with Gasteiger partial charge in [0.1, 0.15) is 40.4 Å². The van der Waals surface area contributed by atoms with E-state index in [1.807, 2.05) is 0 Å². The second kappa shape index (κ2) is 7.08. The number of furan rings is 1. The summed E-state index contributed by atoms with van der Waals surface area (Å²) in [5, 5.41) is 5.19. The molecular weight excluding hydrogens is 330 g/mol. The van der Waals surface area contributed by atoms with Crippen molar-refractivity contribution in [1.29, 1.82) is 0 Å². The Morgan fingerprint density at radius 2 is 1.92 bits per heavy atom. The Morgan fingerprint density at radius 3 is 2.60 bits per heavy atom. The minimum absolute atomic E-state index is 0.0679. The number of anilines is 2. The first kappa shape index (κ1) is 16.6. The zero-order chi connectivity index (χ0) is 17.8. The molecule has 0 aliphatic carbocycles. The minimum atomic E-state index is -0.764. The number of hydrogen-bond donors (Lipinski definition) is 2. The SMILES string of the molecule is Cc1nc(Nc2c(F)cccc2F)cc(C(=O)NCc2ccco2)n1. The molecule has 6 nitrogen and oxygen atoms in total. The van der Waals surface area contributed by atoms with E-state index in [1.54, 1.807) is 19.1 Å². The van der Waals surface area contributed by atoms with Crippen molar-refractivity contribution >= 4 is 17.4 Å². The lowest BCUT2D eigenvalue weighted by molar-refractivity contribution is 0.0942. The van der Waals surface area contributed by atoms with Gasteiger partial charge in [0, 0.05) is 6.07 Å². The fourth-order valence-corrected chi connectivity index (χ4v) is 2.16. The third-order valence-corrected chi connectivity index (χ3v) is 3.29. The Balaban J connectivity index is 1.79. The zero-order valence-electron chi connectivity index (χ0n) is 13.2. The molecule has 0 spiro atoms. The molecular formula is C17H14F2N4O2. The summed E-state index contributed by atoms with van der Waals surface area (Å²) in [5.41, 5.74) is -0.277. The van der Waals surface area contributed by atoms with Crippen LogP contribution < -0.4 is 10.6 Å². The van der Waals surface area contributed by atoms with Crippen LogP contribution in [-0.2, 0) is 6.54 Å². The van der Waals surface area contributed by atoms with Crippen molar-refractivity contribution in [2.75, 3.05) is 5.32 Å². The molecule has 2 N–H and O–H groups in total. The number of para-hydroxylation sites is 1. The van der Waals surface area contributed by atoms with Crippen LogP contribution in [0.5, 0.6) is 0 Å². The number of carbonyl (C=O) groups is 1. The monoisotopic (exact) mass is 344 g/mol. The van der Waals surface area contributed by atoms with E-state index in [1.165, 1.54) is 18.4 Å². The fraction of sp³-hybridized carbons (Fsp3) is 0.118. The molecule has 1 amide bonds. The van der Waals surface area contributed by atoms with Crippen LogP contribution in [0, 0.1) is 18.6 Å². The summed E-state index contributed by atoms with van der Waals surface area (Å²) < 4.78 is 32.6. The first-order valence-electron chi connectivity index (χ1n) is 7.40. The highest BCUT2D eigenvalue weighted by atomic mass is 19.1. The number of nitrogens with one attached hydrogen (secondary N) is 2. The smallest absolute Gasteiger partial charge is 0.270 e. The molecule has 0 saturated carbocycles. The molecule has 8 heteroatoms. The van der Waals surface area contributed by atoms with Gasteiger partial charge in [-0.3, -0.25) is 4.79 Å². The van der Waals surface area contributed by atoms with Gasteiger partial charge >= 0.3 is 0 Å². The lowest BCUT2D eigenvalue weighted by Gasteiger charge is -2.10. The van der Waals surface area contributed by atoms with Gasteiger partial charge in [0.15, 0.2) is 0 Å². The second-order valence-electron chi connectivity index (χ2n) is 5.17. The molecule has 128 valence electrons. The maximum absolute atomic E-state index is 13.7. The zero-order valence-corrected chi connectivity index (χ0v) is 13.2. The Morgan fingerprint density at radius 1 is 1.16 bits per heavy atom. The molecule has 0 fully saturated rings. The van der Waals surface area contributed by atoms with Gasteiger partial charge in [-0.15, -0.1) is 0 Å². The minimum Gasteiger partial charge on any atom is -0.467 e. The van der Waals surface area contributed by atoms with Crippen molar-refractivity contribution in [3.8, 4) is 0 Å². The van der Waals surface area contributed by atoms with Crippen LogP contribution in [-0.4, -0.2) is 15.9 Å². The van der Waals surface area contributed by atoms with Gasteiger partial charge < -0.3 is 15.1 Å². The normalized spacial score (nSPS) is 10.5. The molecule has 0 unspecified atom stereocenters. The van der Waals surface area contributed by atoms with Crippen LogP contribution in [0.4, 0.5) is 20.3 Å². The summed E-state index contributed by atoms with van der Waals surface area (Å²) in [6, 6.07) is 8.25. The third-order valence-electron chi connectivity index (χ3n) is 3.29. The van der Waals surface area contributed by atoms with Crippen molar-refractivity contribution in [1.82, 2.24) is 15.3 Å². The number of benzene rings is 1. The Kier molecular flexibility index (Phi) is 4.69. The molecule has 0 bridgehead atoms. The average Bonchev–Trinajstić information content (AvgIpc) is 3.09. The number of aryl methyl sites for hydroxylation is 1. The van der Waals surface area contributed by atoms with E-state index >= 15 is 0 Å². The summed E-state index contributed by atoms with van der Waals surface area (Å²) in [7, 11) is 0. The van der Waals surface area contributed by atoms with Crippen molar-refractivity contribution in [2.45, 2.75) is 13.5 Å². The van der Waals surface area contributed by atoms with E-state index in [4.69, 9.17) is 4.42 Å². The van der Waals surface area contributed by atoms with Crippen molar-refractivity contribution < 1.29 is 18.0 Å². The lowest BCUT2D eigenvalue weighted by Crippen LogP contribution is -2.24. The number of carbonyl (C=O) groups excluding carboxylic acids is 1. The van der Waals surface area contributed by atoms with E-state index in [0.29, 0.717) is 5.76 Å². The Bertz CT molecular complexity index is 877. The molecule has 0 saturated heterocycles. The van der Waals surface area contributed by atoms with Crippen LogP contribution in [0.3, 0.4) is 0 Å². The largest absolute Gasteiger partial charge is 0.467 e. The second-order valence-corrected chi connectivity index (χ2v) is 5.17. The van der Waals surface area contributed by atoms with Gasteiger partial charge in [-0.2, -0.15) is 0 Å². The maximum atomic E-state index is 13.7. The number of nitrogens with zero attached hydrogens (tertiary/aromatic N) is 2. The number of amides is 1. The van der Waals surface area contributed by atoms with E-state index < -0.39 is 17.5 Å². The predicted molar refractivity (Wildman–Crippen MR) is 86.3 cm³/mol. The highest BCUT2D eigenvalue weighted by molar-refractivity contribution is 5.93. The summed E-state index contributed by atoms with van der Waals surface area (Å²) in [5.74, 6) is -1.01. The van der Waals surface area contributed by atoms with Crippen molar-refractivity contribution in [2.24, 2.45) is 0 Å². The fourth-order valence-electron chi connectivity index (χ4n) is 2.16. The summed E-state index contributed by atoms with van der Waals surface area (Å²) in [6.07, 6.45) is 1.50. The van der Waals surface area contributed by atoms with Crippen LogP contribution >= 0.6 is 0 Å². The van der Waals surface area contributed by atoms with E-state index in [9.17, 15) is 13.6 Å². The number of rotatable bonds is 5. The van der Waals surface area contributed by atoms with Crippen LogP contribution in [0.1, 0.15) is 22.1 Å². The molecule has 0 aliphatic heterocycles. The van der Waals surface area contributed by atoms with Gasteiger partial charge in [0.25, 0.3) is 5.91 Å². The topological polar surface area (TPSA) is 80.0 Å². The standard InChI is InChI=1S/C17H14F2N4O2/c1-10-21-14(17(24)20-9-11-4-3-7-25-11)8-15(22-10)23-16-12(18)5-2-6-13(16)19/h2-8H,9H2,1H3,(H,20,24)(H,21,22,23). The van der Waals surface area contributed by atoms with Gasteiger partial charge in [-0.1, -0.05) is 6.07 Å². The van der Waals surface area contributed by atoms with Gasteiger partial charge in [0.05, 0.1) is 12.8 Å². The first-order chi connectivity index (χ1) is 12.0. The van der Waals surface area contributed by atoms with Crippen LogP contribution in [0.25, 0.3) is 0 Å². The first-order valence-corrected chi connectivity index (χ1v) is 7.40. The molecule has 1 aromatic carbocycles. The number of aromatic nitrogens is 2. The van der Waals surface area contributed by atoms with E-state index in [2.05, 4.69) is 20.6 Å². The molecule has 0 radical (unpaired) electrons. The van der Waals surface area contributed by atoms with Gasteiger partial charge in [0.2, 0.25) is 0 Å². The quantitative estimate of drug-likeness (QED) is 0.742. The molecule has 2 heterocycles. The van der Waals surface area contributed by atoms with E-state index in [0.717, 1.165) is 12.1 Å². The van der Waals surface area contributed by atoms with Gasteiger partial charge in [-0.25, -0.2) is 18.7 Å². The Labute approximate surface area is 141 Å². The molecule has 3 rings (SSSR count). The summed E-state index contributed by atoms with van der Waals surface area (Å²) in [4.78, 5) is 20.3. The highest BCUT2D eigenvalue weighted by Crippen LogP contribution is 2.22. The Hall–Kier alpha value is -3.29.